The number of aromatic nitrogens is 3. The van der Waals surface area contributed by atoms with Gasteiger partial charge in [0, 0.05) is 44.1 Å². The molecule has 168 valence electrons. The maximum Gasteiger partial charge on any atom is 0.283 e. The Kier molecular flexibility index (Phi) is 5.64. The van der Waals surface area contributed by atoms with E-state index in [1.54, 1.807) is 23.9 Å². The minimum Gasteiger partial charge on any atom is -0.362 e. The van der Waals surface area contributed by atoms with E-state index in [9.17, 15) is 13.2 Å². The van der Waals surface area contributed by atoms with Gasteiger partial charge in [0.25, 0.3) is 15.9 Å². The van der Waals surface area contributed by atoms with Crippen molar-refractivity contribution in [3.8, 4) is 5.82 Å². The molecule has 4 rings (SSSR count). The summed E-state index contributed by atoms with van der Waals surface area (Å²) in [7, 11) is -0.177. The van der Waals surface area contributed by atoms with E-state index in [-0.39, 0.29) is 10.8 Å². The van der Waals surface area contributed by atoms with Crippen molar-refractivity contribution in [2.75, 3.05) is 18.9 Å². The zero-order valence-electron chi connectivity index (χ0n) is 18.5. The maximum atomic E-state index is 13.0. The van der Waals surface area contributed by atoms with E-state index in [1.807, 2.05) is 42.5 Å². The highest BCUT2D eigenvalue weighted by Crippen LogP contribution is 2.22. The first-order chi connectivity index (χ1) is 15.2. The summed E-state index contributed by atoms with van der Waals surface area (Å²) >= 11 is 0. The molecule has 0 radical (unpaired) electrons. The van der Waals surface area contributed by atoms with Crippen molar-refractivity contribution in [3.63, 3.8) is 0 Å². The number of nitrogens with zero attached hydrogens (tertiary/aromatic N) is 5. The van der Waals surface area contributed by atoms with Crippen molar-refractivity contribution in [2.45, 2.75) is 31.6 Å². The smallest absolute Gasteiger partial charge is 0.283 e. The topological polar surface area (TPSA) is 102 Å². The first kappa shape index (κ1) is 21.8. The number of anilines is 1. The van der Waals surface area contributed by atoms with Crippen LogP contribution in [0, 0.1) is 13.8 Å². The molecule has 0 aliphatic carbocycles. The predicted molar refractivity (Wildman–Crippen MR) is 123 cm³/mol. The van der Waals surface area contributed by atoms with E-state index >= 15 is 0 Å². The van der Waals surface area contributed by atoms with E-state index in [1.165, 1.54) is 18.3 Å². The summed E-state index contributed by atoms with van der Waals surface area (Å²) < 4.78 is 32.8. The molecule has 1 aliphatic rings. The number of benzene rings is 1. The van der Waals surface area contributed by atoms with Crippen molar-refractivity contribution < 1.29 is 13.2 Å². The van der Waals surface area contributed by atoms with E-state index in [2.05, 4.69) is 14.8 Å². The van der Waals surface area contributed by atoms with Crippen molar-refractivity contribution >= 4 is 27.5 Å². The second kappa shape index (κ2) is 8.27. The molecule has 0 bridgehead atoms. The lowest BCUT2D eigenvalue weighted by atomic mass is 10.2. The van der Waals surface area contributed by atoms with Crippen molar-refractivity contribution in [2.24, 2.45) is 11.4 Å². The highest BCUT2D eigenvalue weighted by Gasteiger charge is 2.22. The van der Waals surface area contributed by atoms with Gasteiger partial charge in [-0.05, 0) is 56.7 Å². The Morgan fingerprint density at radius 3 is 2.31 bits per heavy atom. The van der Waals surface area contributed by atoms with Crippen LogP contribution in [-0.2, 0) is 17.1 Å². The van der Waals surface area contributed by atoms with E-state index in [0.717, 1.165) is 24.4 Å². The number of sulfonamides is 1. The number of nitrogens with one attached hydrogen (secondary N) is 1. The van der Waals surface area contributed by atoms with Gasteiger partial charge in [-0.2, -0.15) is 13.5 Å². The SMILES string of the molecule is Cc1ccc(C)n1-c1c(C(=O)Nc2ccc(S(=O)(=O)/N=C3\CCCN3C)cc2)cnn1C. The Balaban J connectivity index is 1.56. The van der Waals surface area contributed by atoms with Crippen LogP contribution >= 0.6 is 0 Å². The van der Waals surface area contributed by atoms with Crippen LogP contribution in [0.4, 0.5) is 5.69 Å². The molecule has 32 heavy (non-hydrogen) atoms. The summed E-state index contributed by atoms with van der Waals surface area (Å²) in [6, 6.07) is 9.99. The van der Waals surface area contributed by atoms with Gasteiger partial charge in [0.05, 0.1) is 11.1 Å². The summed E-state index contributed by atoms with van der Waals surface area (Å²) in [6.45, 7) is 4.73. The van der Waals surface area contributed by atoms with Crippen LogP contribution in [0.3, 0.4) is 0 Å². The van der Waals surface area contributed by atoms with Gasteiger partial charge in [0.15, 0.2) is 0 Å². The fourth-order valence-electron chi connectivity index (χ4n) is 3.87. The Labute approximate surface area is 187 Å². The molecule has 3 heterocycles. The average molecular weight is 455 g/mol. The van der Waals surface area contributed by atoms with Crippen LogP contribution in [-0.4, -0.2) is 53.0 Å². The number of amides is 1. The van der Waals surface area contributed by atoms with Crippen molar-refractivity contribution in [1.82, 2.24) is 19.2 Å². The van der Waals surface area contributed by atoms with E-state index < -0.39 is 10.0 Å². The molecular weight excluding hydrogens is 428 g/mol. The number of hydrogen-bond donors (Lipinski definition) is 1. The normalized spacial score (nSPS) is 15.5. The molecule has 0 unspecified atom stereocenters. The van der Waals surface area contributed by atoms with Crippen LogP contribution in [0.2, 0.25) is 0 Å². The number of likely N-dealkylation sites (tertiary alicyclic amines) is 1. The molecule has 1 saturated heterocycles. The maximum absolute atomic E-state index is 13.0. The van der Waals surface area contributed by atoms with E-state index in [4.69, 9.17) is 0 Å². The first-order valence-corrected chi connectivity index (χ1v) is 11.7. The largest absolute Gasteiger partial charge is 0.362 e. The van der Waals surface area contributed by atoms with Crippen LogP contribution in [0.15, 0.2) is 51.9 Å². The third kappa shape index (κ3) is 4.05. The van der Waals surface area contributed by atoms with Gasteiger partial charge in [0.2, 0.25) is 0 Å². The predicted octanol–water partition coefficient (Wildman–Crippen LogP) is 2.89. The number of amidine groups is 1. The number of carbonyl (C=O) groups is 1. The van der Waals surface area contributed by atoms with Gasteiger partial charge >= 0.3 is 0 Å². The monoisotopic (exact) mass is 454 g/mol. The highest BCUT2D eigenvalue weighted by atomic mass is 32.2. The number of carbonyl (C=O) groups excluding carboxylic acids is 1. The summed E-state index contributed by atoms with van der Waals surface area (Å²) in [5, 5.41) is 7.08. The molecule has 10 heteroatoms. The summed E-state index contributed by atoms with van der Waals surface area (Å²) in [6.07, 6.45) is 3.07. The molecule has 1 N–H and O–H groups in total. The molecule has 1 aliphatic heterocycles. The van der Waals surface area contributed by atoms with Gasteiger partial charge < -0.3 is 14.8 Å². The van der Waals surface area contributed by atoms with Crippen LogP contribution in [0.25, 0.3) is 5.82 Å². The number of rotatable bonds is 5. The number of hydrogen-bond acceptors (Lipinski definition) is 4. The molecule has 3 aromatic rings. The van der Waals surface area contributed by atoms with Crippen LogP contribution in [0.1, 0.15) is 34.6 Å². The minimum absolute atomic E-state index is 0.0870. The number of aryl methyl sites for hydroxylation is 3. The molecule has 1 fully saturated rings. The van der Waals surface area contributed by atoms with Gasteiger partial charge in [-0.15, -0.1) is 4.40 Å². The van der Waals surface area contributed by atoms with Gasteiger partial charge in [-0.1, -0.05) is 0 Å². The van der Waals surface area contributed by atoms with Crippen molar-refractivity contribution in [3.05, 3.63) is 59.5 Å². The standard InChI is InChI=1S/C22H26N6O3S/c1-15-7-8-16(2)28(15)22-19(14-23-27(22)4)21(29)24-17-9-11-18(12-10-17)32(30,31)25-20-6-5-13-26(20)3/h7-12,14H,5-6,13H2,1-4H3,(H,24,29)/b25-20+. The molecule has 0 spiro atoms. The third-order valence-electron chi connectivity index (χ3n) is 5.61. The molecule has 1 aromatic carbocycles. The Bertz CT molecular complexity index is 1280. The quantitative estimate of drug-likeness (QED) is 0.639. The molecular formula is C22H26N6O3S. The molecule has 1 amide bonds. The lowest BCUT2D eigenvalue weighted by molar-refractivity contribution is 0.102. The third-order valence-corrected chi connectivity index (χ3v) is 6.92. The fraction of sp³-hybridized carbons (Fsp3) is 0.318. The summed E-state index contributed by atoms with van der Waals surface area (Å²) in [5.74, 6) is 0.907. The highest BCUT2D eigenvalue weighted by molar-refractivity contribution is 7.90. The summed E-state index contributed by atoms with van der Waals surface area (Å²) in [4.78, 5) is 14.9. The summed E-state index contributed by atoms with van der Waals surface area (Å²) in [5.41, 5.74) is 2.88. The first-order valence-electron chi connectivity index (χ1n) is 10.3. The average Bonchev–Trinajstić information content (AvgIpc) is 3.41. The zero-order chi connectivity index (χ0) is 23.0. The van der Waals surface area contributed by atoms with Gasteiger partial charge in [-0.25, -0.2) is 0 Å². The molecule has 9 nitrogen and oxygen atoms in total. The van der Waals surface area contributed by atoms with E-state index in [0.29, 0.717) is 29.3 Å². The molecule has 2 aromatic heterocycles. The zero-order valence-corrected chi connectivity index (χ0v) is 19.3. The Morgan fingerprint density at radius 1 is 1.06 bits per heavy atom. The lowest BCUT2D eigenvalue weighted by Gasteiger charge is -2.13. The molecule has 0 atom stereocenters. The fourth-order valence-corrected chi connectivity index (χ4v) is 4.96. The lowest BCUT2D eigenvalue weighted by Crippen LogP contribution is -2.20. The van der Waals surface area contributed by atoms with Crippen molar-refractivity contribution in [1.29, 1.82) is 0 Å². The van der Waals surface area contributed by atoms with Crippen LogP contribution in [0.5, 0.6) is 0 Å². The molecule has 0 saturated carbocycles. The second-order valence-corrected chi connectivity index (χ2v) is 9.55. The van der Waals surface area contributed by atoms with Crippen LogP contribution < -0.4 is 5.32 Å². The Morgan fingerprint density at radius 2 is 1.72 bits per heavy atom. The van der Waals surface area contributed by atoms with Gasteiger partial charge in [0.1, 0.15) is 17.2 Å². The minimum atomic E-state index is -3.80. The van der Waals surface area contributed by atoms with Gasteiger partial charge in [-0.3, -0.25) is 9.48 Å². The Hall–Kier alpha value is -3.40. The second-order valence-electron chi connectivity index (χ2n) is 7.94.